The van der Waals surface area contributed by atoms with Crippen molar-refractivity contribution in [2.24, 2.45) is 17.3 Å². The lowest BCUT2D eigenvalue weighted by Crippen LogP contribution is -2.57. The van der Waals surface area contributed by atoms with Gasteiger partial charge in [-0.15, -0.1) is 0 Å². The first-order valence-corrected chi connectivity index (χ1v) is 11.7. The molecule has 3 aliphatic carbocycles. The molecule has 0 bridgehead atoms. The molecule has 1 fully saturated rings. The molecular formula is C28H26ClNO2. The molecule has 2 aromatic carbocycles. The SMILES string of the molecule is C[C@]12CC[C@@H]3c4ccc(O)cc4CC[C@H]3[C@@H]1CC=C(Cl)[C@@]2(O)C#Cc1ccc(C#N)cc1. The fourth-order valence-corrected chi connectivity index (χ4v) is 6.77. The molecule has 1 saturated carbocycles. The fraction of sp³-hybridized carbons (Fsp3) is 0.393. The van der Waals surface area contributed by atoms with Crippen molar-refractivity contribution in [1.82, 2.24) is 0 Å². The maximum Gasteiger partial charge on any atom is 0.166 e. The lowest BCUT2D eigenvalue weighted by Gasteiger charge is -2.58. The summed E-state index contributed by atoms with van der Waals surface area (Å²) >= 11 is 6.66. The molecule has 0 unspecified atom stereocenters. The summed E-state index contributed by atoms with van der Waals surface area (Å²) in [6, 6.07) is 15.0. The van der Waals surface area contributed by atoms with Gasteiger partial charge in [-0.2, -0.15) is 5.26 Å². The summed E-state index contributed by atoms with van der Waals surface area (Å²) in [6.45, 7) is 2.16. The van der Waals surface area contributed by atoms with Gasteiger partial charge in [0.25, 0.3) is 0 Å². The van der Waals surface area contributed by atoms with Gasteiger partial charge in [-0.05, 0) is 97.4 Å². The third-order valence-corrected chi connectivity index (χ3v) is 8.65. The Bertz CT molecular complexity index is 1200. The molecule has 0 spiro atoms. The van der Waals surface area contributed by atoms with Crippen LogP contribution in [0.1, 0.15) is 60.8 Å². The van der Waals surface area contributed by atoms with Crippen molar-refractivity contribution in [1.29, 1.82) is 5.26 Å². The molecule has 0 radical (unpaired) electrons. The van der Waals surface area contributed by atoms with E-state index in [1.807, 2.05) is 12.1 Å². The third-order valence-electron chi connectivity index (χ3n) is 8.22. The highest BCUT2D eigenvalue weighted by atomic mass is 35.5. The van der Waals surface area contributed by atoms with Crippen LogP contribution in [0.2, 0.25) is 0 Å². The number of hydrogen-bond acceptors (Lipinski definition) is 3. The Labute approximate surface area is 194 Å². The Balaban J connectivity index is 1.51. The monoisotopic (exact) mass is 443 g/mol. The number of phenolic OH excluding ortho intramolecular Hbond substituents is 1. The van der Waals surface area contributed by atoms with E-state index >= 15 is 0 Å². The van der Waals surface area contributed by atoms with Gasteiger partial charge in [0, 0.05) is 11.0 Å². The molecule has 2 N–H and O–H groups in total. The number of aryl methyl sites for hydroxylation is 1. The zero-order chi connectivity index (χ0) is 22.5. The summed E-state index contributed by atoms with van der Waals surface area (Å²) in [5.41, 5.74) is 2.12. The highest BCUT2D eigenvalue weighted by Gasteiger charge is 2.60. The van der Waals surface area contributed by atoms with Crippen LogP contribution < -0.4 is 0 Å². The van der Waals surface area contributed by atoms with Gasteiger partial charge >= 0.3 is 0 Å². The molecule has 5 atom stereocenters. The van der Waals surface area contributed by atoms with Crippen LogP contribution in [0.4, 0.5) is 0 Å². The average Bonchev–Trinajstić information content (AvgIpc) is 2.80. The Morgan fingerprint density at radius 2 is 1.84 bits per heavy atom. The first kappa shape index (κ1) is 21.1. The topological polar surface area (TPSA) is 64.2 Å². The normalized spacial score (nSPS) is 32.8. The van der Waals surface area contributed by atoms with E-state index < -0.39 is 11.0 Å². The quantitative estimate of drug-likeness (QED) is 0.518. The van der Waals surface area contributed by atoms with Gasteiger partial charge in [0.05, 0.1) is 16.7 Å². The summed E-state index contributed by atoms with van der Waals surface area (Å²) in [7, 11) is 0. The van der Waals surface area contributed by atoms with E-state index in [4.69, 9.17) is 16.9 Å². The van der Waals surface area contributed by atoms with Crippen LogP contribution >= 0.6 is 11.6 Å². The van der Waals surface area contributed by atoms with E-state index in [0.29, 0.717) is 28.2 Å². The largest absolute Gasteiger partial charge is 0.508 e. The number of nitrogens with zero attached hydrogens (tertiary/aromatic N) is 1. The van der Waals surface area contributed by atoms with Crippen molar-refractivity contribution in [3.05, 3.63) is 75.8 Å². The lowest BCUT2D eigenvalue weighted by atomic mass is 9.48. The van der Waals surface area contributed by atoms with Crippen LogP contribution in [0.3, 0.4) is 0 Å². The van der Waals surface area contributed by atoms with E-state index in [-0.39, 0.29) is 5.92 Å². The second-order valence-corrected chi connectivity index (χ2v) is 10.1. The molecule has 2 aromatic rings. The van der Waals surface area contributed by atoms with Gasteiger partial charge in [-0.3, -0.25) is 0 Å². The molecule has 0 heterocycles. The van der Waals surface area contributed by atoms with Gasteiger partial charge in [0.2, 0.25) is 0 Å². The number of benzene rings is 2. The van der Waals surface area contributed by atoms with Crippen molar-refractivity contribution >= 4 is 11.6 Å². The number of nitriles is 1. The van der Waals surface area contributed by atoms with Crippen molar-refractivity contribution in [3.63, 3.8) is 0 Å². The van der Waals surface area contributed by atoms with E-state index in [1.54, 1.807) is 30.3 Å². The predicted octanol–water partition coefficient (Wildman–Crippen LogP) is 5.64. The Morgan fingerprint density at radius 1 is 1.09 bits per heavy atom. The molecule has 5 rings (SSSR count). The van der Waals surface area contributed by atoms with Gasteiger partial charge in [-0.25, -0.2) is 0 Å². The zero-order valence-electron chi connectivity index (χ0n) is 18.1. The second-order valence-electron chi connectivity index (χ2n) is 9.69. The van der Waals surface area contributed by atoms with Gasteiger partial charge in [-0.1, -0.05) is 42.5 Å². The van der Waals surface area contributed by atoms with Crippen molar-refractivity contribution < 1.29 is 10.2 Å². The first-order chi connectivity index (χ1) is 15.4. The number of phenols is 1. The Morgan fingerprint density at radius 3 is 2.59 bits per heavy atom. The first-order valence-electron chi connectivity index (χ1n) is 11.3. The molecule has 0 aliphatic heterocycles. The predicted molar refractivity (Wildman–Crippen MR) is 125 cm³/mol. The highest BCUT2D eigenvalue weighted by Crippen LogP contribution is 2.62. The number of allylic oxidation sites excluding steroid dienone is 1. The zero-order valence-corrected chi connectivity index (χ0v) is 18.9. The number of halogens is 1. The number of fused-ring (bicyclic) bond motifs is 5. The van der Waals surface area contributed by atoms with Crippen LogP contribution in [0.15, 0.2) is 53.6 Å². The van der Waals surface area contributed by atoms with E-state index in [2.05, 4.69) is 30.9 Å². The summed E-state index contributed by atoms with van der Waals surface area (Å²) in [6.07, 6.45) is 6.62. The van der Waals surface area contributed by atoms with Crippen LogP contribution in [0, 0.1) is 40.4 Å². The number of aliphatic hydroxyl groups is 1. The van der Waals surface area contributed by atoms with Gasteiger partial charge in [0.1, 0.15) is 5.75 Å². The molecule has 3 nitrogen and oxygen atoms in total. The molecule has 32 heavy (non-hydrogen) atoms. The van der Waals surface area contributed by atoms with Crippen LogP contribution in [-0.4, -0.2) is 15.8 Å². The molecule has 162 valence electrons. The number of aromatic hydroxyl groups is 1. The lowest BCUT2D eigenvalue weighted by molar-refractivity contribution is -0.0925. The van der Waals surface area contributed by atoms with Crippen LogP contribution in [0.5, 0.6) is 5.75 Å². The van der Waals surface area contributed by atoms with Gasteiger partial charge < -0.3 is 10.2 Å². The number of hydrogen-bond donors (Lipinski definition) is 2. The maximum atomic E-state index is 11.9. The maximum absolute atomic E-state index is 11.9. The Hall–Kier alpha value is -2.72. The van der Waals surface area contributed by atoms with Crippen molar-refractivity contribution in [3.8, 4) is 23.7 Å². The van der Waals surface area contributed by atoms with Crippen LogP contribution in [0.25, 0.3) is 0 Å². The summed E-state index contributed by atoms with van der Waals surface area (Å²) in [4.78, 5) is 0. The van der Waals surface area contributed by atoms with Crippen LogP contribution in [-0.2, 0) is 6.42 Å². The minimum atomic E-state index is -1.40. The summed E-state index contributed by atoms with van der Waals surface area (Å²) in [5, 5.41) is 31.3. The molecule has 0 aromatic heterocycles. The van der Waals surface area contributed by atoms with Gasteiger partial charge in [0.15, 0.2) is 5.60 Å². The molecule has 4 heteroatoms. The van der Waals surface area contributed by atoms with E-state index in [0.717, 1.165) is 37.7 Å². The molecule has 0 amide bonds. The van der Waals surface area contributed by atoms with Crippen molar-refractivity contribution in [2.45, 2.75) is 50.5 Å². The second kappa shape index (κ2) is 7.70. The Kier molecular flexibility index (Phi) is 5.09. The highest BCUT2D eigenvalue weighted by molar-refractivity contribution is 6.31. The molecule has 0 saturated heterocycles. The smallest absolute Gasteiger partial charge is 0.166 e. The number of rotatable bonds is 0. The fourth-order valence-electron chi connectivity index (χ4n) is 6.42. The van der Waals surface area contributed by atoms with E-state index in [1.165, 1.54) is 11.1 Å². The average molecular weight is 444 g/mol. The summed E-state index contributed by atoms with van der Waals surface area (Å²) in [5.74, 6) is 7.79. The molecule has 3 aliphatic rings. The minimum Gasteiger partial charge on any atom is -0.508 e. The standard InChI is InChI=1S/C28H26ClNO2/c1-27-14-13-23-22-9-7-21(31)16-20(22)6-8-24(23)25(27)10-11-26(29)28(27,32)15-12-18-2-4-19(17-30)5-3-18/h2-5,7,9,11,16,23-25,31-32H,6,8,10,13-14H2,1H3/t23-,24-,25+,27+,28+/m1/s1. The molecular weight excluding hydrogens is 418 g/mol. The van der Waals surface area contributed by atoms with E-state index in [9.17, 15) is 10.2 Å². The van der Waals surface area contributed by atoms with Crippen molar-refractivity contribution in [2.75, 3.05) is 0 Å². The minimum absolute atomic E-state index is 0.283. The third kappa shape index (κ3) is 3.15. The summed E-state index contributed by atoms with van der Waals surface area (Å²) < 4.78 is 0.